The fourth-order valence-corrected chi connectivity index (χ4v) is 3.43. The molecule has 0 radical (unpaired) electrons. The molecule has 2 unspecified atom stereocenters. The predicted octanol–water partition coefficient (Wildman–Crippen LogP) is 5.80. The molecule has 23 heavy (non-hydrogen) atoms. The van der Waals surface area contributed by atoms with Gasteiger partial charge in [-0.2, -0.15) is 0 Å². The molecule has 1 aliphatic heterocycles. The standard InChI is InChI=1S/C20H36O3/c1-3-4-5-6-7-8-9-10-11-12-13-14-15-17(2)18-16-19(21)23-20(18)22/h17-18H,3-16H2,1-2H3. The monoisotopic (exact) mass is 324 g/mol. The van der Waals surface area contributed by atoms with Gasteiger partial charge >= 0.3 is 11.9 Å². The van der Waals surface area contributed by atoms with Gasteiger partial charge in [0.2, 0.25) is 0 Å². The van der Waals surface area contributed by atoms with Crippen molar-refractivity contribution in [3.63, 3.8) is 0 Å². The maximum absolute atomic E-state index is 11.5. The SMILES string of the molecule is CCCCCCCCCCCCCCC(C)C1CC(=O)OC1=O. The molecule has 0 aromatic carbocycles. The smallest absolute Gasteiger partial charge is 0.317 e. The van der Waals surface area contributed by atoms with Crippen molar-refractivity contribution < 1.29 is 14.3 Å². The summed E-state index contributed by atoms with van der Waals surface area (Å²) in [7, 11) is 0. The molecule has 1 rings (SSSR count). The van der Waals surface area contributed by atoms with Gasteiger partial charge in [-0.15, -0.1) is 0 Å². The Hall–Kier alpha value is -0.860. The normalized spacial score (nSPS) is 19.1. The minimum atomic E-state index is -0.346. The van der Waals surface area contributed by atoms with Crippen molar-refractivity contribution >= 4 is 11.9 Å². The Bertz CT molecular complexity index is 338. The number of hydrogen-bond donors (Lipinski definition) is 0. The molecule has 0 saturated carbocycles. The van der Waals surface area contributed by atoms with Crippen LogP contribution in [0.3, 0.4) is 0 Å². The number of hydrogen-bond acceptors (Lipinski definition) is 3. The highest BCUT2D eigenvalue weighted by atomic mass is 16.6. The first-order valence-corrected chi connectivity index (χ1v) is 9.89. The highest BCUT2D eigenvalue weighted by Crippen LogP contribution is 2.28. The molecule has 3 nitrogen and oxygen atoms in total. The lowest BCUT2D eigenvalue weighted by Crippen LogP contribution is -2.16. The first-order chi connectivity index (χ1) is 11.1. The Morgan fingerprint density at radius 1 is 0.870 bits per heavy atom. The lowest BCUT2D eigenvalue weighted by atomic mass is 9.88. The van der Waals surface area contributed by atoms with Crippen molar-refractivity contribution in [2.45, 2.75) is 104 Å². The molecule has 2 atom stereocenters. The Balaban J connectivity index is 1.86. The largest absolute Gasteiger partial charge is 0.393 e. The summed E-state index contributed by atoms with van der Waals surface area (Å²) in [5, 5.41) is 0. The second kappa shape index (κ2) is 12.5. The topological polar surface area (TPSA) is 43.4 Å². The first-order valence-electron chi connectivity index (χ1n) is 9.89. The third kappa shape index (κ3) is 9.12. The number of ether oxygens (including phenoxy) is 1. The summed E-state index contributed by atoms with van der Waals surface area (Å²) in [5.74, 6) is -0.560. The number of carbonyl (C=O) groups excluding carboxylic acids is 2. The molecule has 1 heterocycles. The average molecular weight is 325 g/mol. The highest BCUT2D eigenvalue weighted by Gasteiger charge is 2.36. The minimum Gasteiger partial charge on any atom is -0.393 e. The van der Waals surface area contributed by atoms with Crippen molar-refractivity contribution in [1.29, 1.82) is 0 Å². The third-order valence-corrected chi connectivity index (χ3v) is 5.10. The molecule has 1 fully saturated rings. The van der Waals surface area contributed by atoms with Gasteiger partial charge in [0.15, 0.2) is 0 Å². The Morgan fingerprint density at radius 3 is 1.78 bits per heavy atom. The second-order valence-corrected chi connectivity index (χ2v) is 7.26. The highest BCUT2D eigenvalue weighted by molar-refractivity contribution is 5.94. The van der Waals surface area contributed by atoms with Crippen LogP contribution < -0.4 is 0 Å². The van der Waals surface area contributed by atoms with E-state index in [2.05, 4.69) is 18.6 Å². The number of esters is 2. The minimum absolute atomic E-state index is 0.185. The number of rotatable bonds is 14. The molecule has 0 aromatic rings. The van der Waals surface area contributed by atoms with Crippen LogP contribution in [0.5, 0.6) is 0 Å². The van der Waals surface area contributed by atoms with E-state index < -0.39 is 0 Å². The van der Waals surface area contributed by atoms with Gasteiger partial charge in [0.1, 0.15) is 0 Å². The van der Waals surface area contributed by atoms with Gasteiger partial charge in [-0.05, 0) is 12.3 Å². The third-order valence-electron chi connectivity index (χ3n) is 5.10. The Labute approximate surface area is 142 Å². The van der Waals surface area contributed by atoms with E-state index in [9.17, 15) is 9.59 Å². The number of cyclic esters (lactones) is 2. The molecule has 0 N–H and O–H groups in total. The maximum atomic E-state index is 11.5. The van der Waals surface area contributed by atoms with Crippen LogP contribution in [0, 0.1) is 11.8 Å². The maximum Gasteiger partial charge on any atom is 0.317 e. The molecule has 1 saturated heterocycles. The molecule has 0 aromatic heterocycles. The van der Waals surface area contributed by atoms with Crippen LogP contribution in [0.2, 0.25) is 0 Å². The molecule has 0 amide bonds. The van der Waals surface area contributed by atoms with E-state index in [-0.39, 0.29) is 30.2 Å². The van der Waals surface area contributed by atoms with E-state index in [1.54, 1.807) is 0 Å². The predicted molar refractivity (Wildman–Crippen MR) is 94.1 cm³/mol. The van der Waals surface area contributed by atoms with Crippen molar-refractivity contribution in [1.82, 2.24) is 0 Å². The molecular weight excluding hydrogens is 288 g/mol. The van der Waals surface area contributed by atoms with Gasteiger partial charge in [-0.3, -0.25) is 9.59 Å². The lowest BCUT2D eigenvalue weighted by molar-refractivity contribution is -0.153. The van der Waals surface area contributed by atoms with E-state index in [1.807, 2.05) is 0 Å². The van der Waals surface area contributed by atoms with E-state index in [4.69, 9.17) is 0 Å². The fraction of sp³-hybridized carbons (Fsp3) is 0.900. The summed E-state index contributed by atoms with van der Waals surface area (Å²) in [5.41, 5.74) is 0. The number of carbonyl (C=O) groups is 2. The fourth-order valence-electron chi connectivity index (χ4n) is 3.43. The first kappa shape index (κ1) is 20.2. The summed E-state index contributed by atoms with van der Waals surface area (Å²) in [6.45, 7) is 4.34. The van der Waals surface area contributed by atoms with Crippen molar-refractivity contribution in [3.8, 4) is 0 Å². The van der Waals surface area contributed by atoms with Gasteiger partial charge < -0.3 is 4.74 Å². The second-order valence-electron chi connectivity index (χ2n) is 7.26. The molecule has 3 heteroatoms. The van der Waals surface area contributed by atoms with Gasteiger partial charge in [0.25, 0.3) is 0 Å². The Kier molecular flexibility index (Phi) is 11.0. The molecule has 0 spiro atoms. The summed E-state index contributed by atoms with van der Waals surface area (Å²) in [6, 6.07) is 0. The molecule has 0 bridgehead atoms. The van der Waals surface area contributed by atoms with Crippen molar-refractivity contribution in [2.75, 3.05) is 0 Å². The van der Waals surface area contributed by atoms with Gasteiger partial charge in [0.05, 0.1) is 12.3 Å². The van der Waals surface area contributed by atoms with E-state index in [0.717, 1.165) is 12.8 Å². The summed E-state index contributed by atoms with van der Waals surface area (Å²) < 4.78 is 4.63. The quantitative estimate of drug-likeness (QED) is 0.230. The van der Waals surface area contributed by atoms with Crippen LogP contribution in [0.4, 0.5) is 0 Å². The van der Waals surface area contributed by atoms with Gasteiger partial charge in [0, 0.05) is 0 Å². The van der Waals surface area contributed by atoms with Crippen LogP contribution >= 0.6 is 0 Å². The summed E-state index contributed by atoms with van der Waals surface area (Å²) in [4.78, 5) is 22.6. The molecular formula is C20H36O3. The van der Waals surface area contributed by atoms with E-state index in [0.29, 0.717) is 0 Å². The zero-order valence-electron chi connectivity index (χ0n) is 15.3. The Morgan fingerprint density at radius 2 is 1.35 bits per heavy atom. The van der Waals surface area contributed by atoms with Crippen LogP contribution in [0.1, 0.15) is 104 Å². The number of unbranched alkanes of at least 4 members (excludes halogenated alkanes) is 11. The zero-order valence-corrected chi connectivity index (χ0v) is 15.3. The van der Waals surface area contributed by atoms with Gasteiger partial charge in [-0.25, -0.2) is 0 Å². The van der Waals surface area contributed by atoms with Crippen molar-refractivity contribution in [3.05, 3.63) is 0 Å². The molecule has 134 valence electrons. The van der Waals surface area contributed by atoms with Crippen molar-refractivity contribution in [2.24, 2.45) is 11.8 Å². The summed E-state index contributed by atoms with van der Waals surface area (Å²) >= 11 is 0. The zero-order chi connectivity index (χ0) is 16.9. The van der Waals surface area contributed by atoms with Crippen LogP contribution in [0.25, 0.3) is 0 Å². The van der Waals surface area contributed by atoms with Crippen LogP contribution in [0.15, 0.2) is 0 Å². The van der Waals surface area contributed by atoms with E-state index >= 15 is 0 Å². The average Bonchev–Trinajstić information content (AvgIpc) is 2.87. The van der Waals surface area contributed by atoms with Gasteiger partial charge in [-0.1, -0.05) is 90.9 Å². The van der Waals surface area contributed by atoms with Crippen LogP contribution in [-0.2, 0) is 14.3 Å². The summed E-state index contributed by atoms with van der Waals surface area (Å²) in [6.07, 6.45) is 17.5. The van der Waals surface area contributed by atoms with E-state index in [1.165, 1.54) is 70.6 Å². The molecule has 1 aliphatic rings. The lowest BCUT2D eigenvalue weighted by Gasteiger charge is -2.14. The van der Waals surface area contributed by atoms with Crippen LogP contribution in [-0.4, -0.2) is 11.9 Å². The molecule has 0 aliphatic carbocycles.